The van der Waals surface area contributed by atoms with Crippen molar-refractivity contribution in [3.63, 3.8) is 0 Å². The van der Waals surface area contributed by atoms with Gasteiger partial charge in [0, 0.05) is 6.20 Å². The van der Waals surface area contributed by atoms with E-state index in [2.05, 4.69) is 9.71 Å². The van der Waals surface area contributed by atoms with Gasteiger partial charge in [-0.2, -0.15) is 0 Å². The molecule has 5 nitrogen and oxygen atoms in total. The second-order valence-corrected chi connectivity index (χ2v) is 4.31. The number of nitrogen functional groups attached to an aromatic ring is 1. The molecule has 1 aliphatic rings. The Hall–Kier alpha value is -1.30. The number of nitrogens with one attached hydrogen (secondary N) is 1. The number of sulfonamides is 1. The Balaban J connectivity index is 0.000000461. The topological polar surface area (TPSA) is 85.1 Å². The summed E-state index contributed by atoms with van der Waals surface area (Å²) in [5.41, 5.74) is 6.57. The molecule has 0 bridgehead atoms. The predicted molar refractivity (Wildman–Crippen MR) is 56.2 cm³/mol. The van der Waals surface area contributed by atoms with Gasteiger partial charge in [-0.3, -0.25) is 4.72 Å². The Morgan fingerprint density at radius 3 is 2.71 bits per heavy atom. The van der Waals surface area contributed by atoms with Gasteiger partial charge in [0.25, 0.3) is 0 Å². The van der Waals surface area contributed by atoms with Crippen LogP contribution >= 0.6 is 0 Å². The van der Waals surface area contributed by atoms with Crippen LogP contribution in [0.25, 0.3) is 0 Å². The Bertz CT molecular complexity index is 428. The molecule has 0 saturated carbocycles. The molecule has 2 rings (SSSR count). The van der Waals surface area contributed by atoms with Crippen LogP contribution in [0.3, 0.4) is 0 Å². The van der Waals surface area contributed by atoms with Crippen LogP contribution < -0.4 is 10.5 Å². The van der Waals surface area contributed by atoms with Gasteiger partial charge in [-0.15, -0.1) is 0 Å². The van der Waals surface area contributed by atoms with E-state index < -0.39 is 10.0 Å². The fourth-order valence-electron chi connectivity index (χ4n) is 1.15. The van der Waals surface area contributed by atoms with Crippen molar-refractivity contribution in [1.82, 2.24) is 4.98 Å². The van der Waals surface area contributed by atoms with E-state index in [-0.39, 0.29) is 11.6 Å². The zero-order chi connectivity index (χ0) is 10.8. The van der Waals surface area contributed by atoms with E-state index in [0.717, 1.165) is 0 Å². The first-order valence-electron chi connectivity index (χ1n) is 4.32. The van der Waals surface area contributed by atoms with E-state index in [4.69, 9.17) is 5.73 Å². The molecule has 1 aliphatic heterocycles. The predicted octanol–water partition coefficient (Wildman–Crippen LogP) is 0.945. The minimum atomic E-state index is -3.20. The number of pyridine rings is 1. The van der Waals surface area contributed by atoms with Crippen molar-refractivity contribution in [3.05, 3.63) is 17.8 Å². The van der Waals surface area contributed by atoms with Crippen molar-refractivity contribution in [3.8, 4) is 0 Å². The summed E-state index contributed by atoms with van der Waals surface area (Å²) in [4.78, 5) is 3.77. The largest absolute Gasteiger partial charge is 0.382 e. The highest BCUT2D eigenvalue weighted by atomic mass is 32.2. The van der Waals surface area contributed by atoms with Crippen molar-refractivity contribution in [2.45, 2.75) is 19.6 Å². The lowest BCUT2D eigenvalue weighted by Gasteiger charge is -1.99. The van der Waals surface area contributed by atoms with Gasteiger partial charge >= 0.3 is 0 Å². The fraction of sp³-hybridized carbons (Fsp3) is 0.375. The number of rotatable bonds is 0. The number of nitrogens with two attached hydrogens (primary N) is 1. The molecular formula is C8H13N3O2S. The van der Waals surface area contributed by atoms with Gasteiger partial charge in [0.05, 0.1) is 11.4 Å². The van der Waals surface area contributed by atoms with Crippen LogP contribution in [-0.4, -0.2) is 13.4 Å². The van der Waals surface area contributed by atoms with E-state index in [1.54, 1.807) is 6.07 Å². The van der Waals surface area contributed by atoms with E-state index in [9.17, 15) is 8.42 Å². The highest BCUT2D eigenvalue weighted by Gasteiger charge is 2.25. The number of hydrogen-bond acceptors (Lipinski definition) is 4. The molecule has 0 spiro atoms. The third-order valence-corrected chi connectivity index (χ3v) is 2.88. The van der Waals surface area contributed by atoms with Gasteiger partial charge in [0.15, 0.2) is 0 Å². The second-order valence-electron chi connectivity index (χ2n) is 2.59. The number of fused-ring (bicyclic) bond motifs is 1. The lowest BCUT2D eigenvalue weighted by molar-refractivity contribution is 0.602. The molecule has 0 fully saturated rings. The van der Waals surface area contributed by atoms with Crippen molar-refractivity contribution < 1.29 is 8.42 Å². The molecule has 1 aromatic heterocycles. The number of hydrogen-bond donors (Lipinski definition) is 2. The maximum Gasteiger partial charge on any atom is 0.237 e. The number of aromatic nitrogens is 1. The normalized spacial score (nSPS) is 16.1. The molecule has 0 saturated heterocycles. The first-order valence-corrected chi connectivity index (χ1v) is 5.97. The molecule has 1 aromatic rings. The van der Waals surface area contributed by atoms with Gasteiger partial charge in [0.2, 0.25) is 10.0 Å². The highest BCUT2D eigenvalue weighted by Crippen LogP contribution is 2.30. The first-order chi connectivity index (χ1) is 6.58. The Morgan fingerprint density at radius 1 is 1.50 bits per heavy atom. The van der Waals surface area contributed by atoms with E-state index in [1.807, 2.05) is 13.8 Å². The zero-order valence-electron chi connectivity index (χ0n) is 8.11. The van der Waals surface area contributed by atoms with Crippen LogP contribution in [0, 0.1) is 0 Å². The molecule has 0 unspecified atom stereocenters. The molecule has 0 aromatic carbocycles. The fourth-order valence-corrected chi connectivity index (χ4v) is 2.42. The highest BCUT2D eigenvalue weighted by molar-refractivity contribution is 7.92. The Morgan fingerprint density at radius 2 is 2.14 bits per heavy atom. The van der Waals surface area contributed by atoms with Gasteiger partial charge in [-0.25, -0.2) is 13.4 Å². The summed E-state index contributed by atoms with van der Waals surface area (Å²) in [6.07, 6.45) is 1.50. The van der Waals surface area contributed by atoms with Crippen molar-refractivity contribution in [2.24, 2.45) is 0 Å². The molecular weight excluding hydrogens is 202 g/mol. The van der Waals surface area contributed by atoms with Crippen molar-refractivity contribution in [2.75, 3.05) is 10.5 Å². The SMILES string of the molecule is CC.Nc1nccc2c1NS(=O)(=O)C2. The molecule has 14 heavy (non-hydrogen) atoms. The first kappa shape index (κ1) is 10.8. The summed E-state index contributed by atoms with van der Waals surface area (Å²) in [5, 5.41) is 0. The molecule has 6 heteroatoms. The zero-order valence-corrected chi connectivity index (χ0v) is 8.93. The Labute approximate surface area is 83.4 Å². The van der Waals surface area contributed by atoms with Crippen LogP contribution in [0.5, 0.6) is 0 Å². The smallest absolute Gasteiger partial charge is 0.237 e. The summed E-state index contributed by atoms with van der Waals surface area (Å²) in [7, 11) is -3.20. The van der Waals surface area contributed by atoms with Gasteiger partial charge in [-0.05, 0) is 11.6 Å². The van der Waals surface area contributed by atoms with E-state index >= 15 is 0 Å². The van der Waals surface area contributed by atoms with Gasteiger partial charge in [-0.1, -0.05) is 13.8 Å². The third-order valence-electron chi connectivity index (χ3n) is 1.67. The average molecular weight is 215 g/mol. The molecule has 78 valence electrons. The summed E-state index contributed by atoms with van der Waals surface area (Å²) < 4.78 is 24.4. The molecule has 3 N–H and O–H groups in total. The van der Waals surface area contributed by atoms with Crippen molar-refractivity contribution in [1.29, 1.82) is 0 Å². The number of nitrogens with zero attached hydrogens (tertiary/aromatic N) is 1. The lowest BCUT2D eigenvalue weighted by atomic mass is 10.2. The van der Waals surface area contributed by atoms with E-state index in [0.29, 0.717) is 11.3 Å². The van der Waals surface area contributed by atoms with E-state index in [1.165, 1.54) is 6.20 Å². The monoisotopic (exact) mass is 215 g/mol. The average Bonchev–Trinajstić information content (AvgIpc) is 2.45. The molecule has 0 aliphatic carbocycles. The minimum absolute atomic E-state index is 0.00491. The molecule has 0 radical (unpaired) electrons. The quantitative estimate of drug-likeness (QED) is 0.674. The van der Waals surface area contributed by atoms with Gasteiger partial charge in [0.1, 0.15) is 5.82 Å². The summed E-state index contributed by atoms with van der Waals surface area (Å²) >= 11 is 0. The van der Waals surface area contributed by atoms with Crippen LogP contribution in [0.2, 0.25) is 0 Å². The second kappa shape index (κ2) is 3.83. The van der Waals surface area contributed by atoms with Crippen molar-refractivity contribution >= 4 is 21.5 Å². The van der Waals surface area contributed by atoms with Crippen LogP contribution in [0.1, 0.15) is 19.4 Å². The molecule has 0 atom stereocenters. The van der Waals surface area contributed by atoms with Crippen LogP contribution in [-0.2, 0) is 15.8 Å². The van der Waals surface area contributed by atoms with Gasteiger partial charge < -0.3 is 5.73 Å². The summed E-state index contributed by atoms with van der Waals surface area (Å²) in [5.74, 6) is 0.225. The summed E-state index contributed by atoms with van der Waals surface area (Å²) in [6, 6.07) is 1.64. The maximum atomic E-state index is 11.0. The lowest BCUT2D eigenvalue weighted by Crippen LogP contribution is -2.06. The standard InChI is InChI=1S/C6H7N3O2S.C2H6/c7-6-5-4(1-2-8-6)3-12(10,11)9-5;1-2/h1-2,9H,3H2,(H2,7,8);1-2H3. The minimum Gasteiger partial charge on any atom is -0.382 e. The van der Waals surface area contributed by atoms with Crippen LogP contribution in [0.15, 0.2) is 12.3 Å². The molecule has 0 amide bonds. The Kier molecular flexibility index (Phi) is 2.95. The van der Waals surface area contributed by atoms with Crippen LogP contribution in [0.4, 0.5) is 11.5 Å². The summed E-state index contributed by atoms with van der Waals surface area (Å²) in [6.45, 7) is 4.00. The third kappa shape index (κ3) is 1.95. The molecule has 2 heterocycles. The maximum absolute atomic E-state index is 11.0. The number of anilines is 2.